The van der Waals surface area contributed by atoms with Crippen molar-refractivity contribution in [1.82, 2.24) is 15.0 Å². The average Bonchev–Trinajstić information content (AvgIpc) is 3.54. The topological polar surface area (TPSA) is 121 Å². The number of aryl methyl sites for hydroxylation is 3. The zero-order valence-corrected chi connectivity index (χ0v) is 19.5. The summed E-state index contributed by atoms with van der Waals surface area (Å²) in [6.07, 6.45) is 4.31. The summed E-state index contributed by atoms with van der Waals surface area (Å²) in [4.78, 5) is 10.0. The molecule has 5 N–H and O–H groups in total. The third kappa shape index (κ3) is 5.43. The van der Waals surface area contributed by atoms with E-state index < -0.39 is 10.1 Å². The van der Waals surface area contributed by atoms with Gasteiger partial charge in [-0.15, -0.1) is 0 Å². The second-order valence-electron chi connectivity index (χ2n) is 8.05. The molecule has 1 aliphatic heterocycles. The van der Waals surface area contributed by atoms with Crippen LogP contribution in [0, 0.1) is 20.8 Å². The van der Waals surface area contributed by atoms with Crippen LogP contribution < -0.4 is 5.32 Å². The molecule has 1 aromatic carbocycles. The zero-order chi connectivity index (χ0) is 23.6. The minimum Gasteiger partial charge on any atom is -0.744 e. The number of hydrogen-bond donors (Lipinski definition) is 4. The molecule has 5 rings (SSSR count). The molecule has 0 bridgehead atoms. The molecule has 0 radical (unpaired) electrons. The molecule has 1 aliphatic rings. The molecule has 0 saturated carbocycles. The van der Waals surface area contributed by atoms with Gasteiger partial charge in [0.15, 0.2) is 11.4 Å². The molecular formula is C25H26N4O3S. The predicted octanol–water partition coefficient (Wildman–Crippen LogP) is 3.81. The Labute approximate surface area is 193 Å². The van der Waals surface area contributed by atoms with E-state index in [0.717, 1.165) is 28.3 Å². The minimum atomic E-state index is -4.27. The van der Waals surface area contributed by atoms with Gasteiger partial charge in [0.25, 0.3) is 0 Å². The van der Waals surface area contributed by atoms with Crippen LogP contribution in [0.15, 0.2) is 77.7 Å². The van der Waals surface area contributed by atoms with E-state index in [1.165, 1.54) is 34.9 Å². The number of aromatic nitrogens is 3. The van der Waals surface area contributed by atoms with Crippen LogP contribution in [0.3, 0.4) is 0 Å². The van der Waals surface area contributed by atoms with Crippen LogP contribution in [0.25, 0.3) is 22.8 Å². The van der Waals surface area contributed by atoms with Crippen molar-refractivity contribution in [1.29, 1.82) is 0 Å². The molecule has 0 aliphatic carbocycles. The van der Waals surface area contributed by atoms with Crippen molar-refractivity contribution in [3.05, 3.63) is 101 Å². The molecule has 7 nitrogen and oxygen atoms in total. The zero-order valence-electron chi connectivity index (χ0n) is 18.6. The van der Waals surface area contributed by atoms with Gasteiger partial charge >= 0.3 is 0 Å². The van der Waals surface area contributed by atoms with E-state index >= 15 is 0 Å². The van der Waals surface area contributed by atoms with Crippen LogP contribution in [0.2, 0.25) is 0 Å². The first-order chi connectivity index (χ1) is 15.7. The number of quaternary nitrogens is 1. The Balaban J connectivity index is 0.000000200. The molecule has 4 heterocycles. The summed E-state index contributed by atoms with van der Waals surface area (Å²) in [7, 11) is -4.27. The summed E-state index contributed by atoms with van der Waals surface area (Å²) in [5, 5.41) is 2.21. The Morgan fingerprint density at radius 2 is 1.09 bits per heavy atom. The van der Waals surface area contributed by atoms with Crippen LogP contribution in [0.5, 0.6) is 0 Å². The highest BCUT2D eigenvalue weighted by Gasteiger charge is 2.19. The first-order valence-corrected chi connectivity index (χ1v) is 11.9. The summed E-state index contributed by atoms with van der Waals surface area (Å²) < 4.78 is 31.2. The predicted molar refractivity (Wildman–Crippen MR) is 128 cm³/mol. The normalized spacial score (nSPS) is 13.3. The number of aromatic amines is 3. The molecule has 0 amide bonds. The Morgan fingerprint density at radius 3 is 1.61 bits per heavy atom. The largest absolute Gasteiger partial charge is 0.744 e. The SMILES string of the molecule is Cc1ccc(C2=CC=C(c3ccc(-c4ccc(C)[nH]4)[nH]3)[NH2+]2)[nH]1.Cc1ccc(S(=O)(=O)[O-])cc1. The maximum atomic E-state index is 10.4. The minimum absolute atomic E-state index is 0.178. The summed E-state index contributed by atoms with van der Waals surface area (Å²) >= 11 is 0. The molecule has 0 saturated heterocycles. The van der Waals surface area contributed by atoms with Gasteiger partial charge in [0.05, 0.1) is 16.3 Å². The van der Waals surface area contributed by atoms with Crippen LogP contribution in [0.4, 0.5) is 0 Å². The lowest BCUT2D eigenvalue weighted by molar-refractivity contribution is -0.457. The van der Waals surface area contributed by atoms with Crippen molar-refractivity contribution in [2.24, 2.45) is 0 Å². The summed E-state index contributed by atoms with van der Waals surface area (Å²) in [5.41, 5.74) is 10.2. The van der Waals surface area contributed by atoms with Crippen molar-refractivity contribution in [2.45, 2.75) is 25.7 Å². The molecule has 0 spiro atoms. The highest BCUT2D eigenvalue weighted by atomic mass is 32.2. The monoisotopic (exact) mass is 462 g/mol. The number of allylic oxidation sites excluding steroid dienone is 2. The lowest BCUT2D eigenvalue weighted by Crippen LogP contribution is -2.76. The third-order valence-electron chi connectivity index (χ3n) is 5.32. The molecule has 170 valence electrons. The summed E-state index contributed by atoms with van der Waals surface area (Å²) in [5.74, 6) is 0. The Morgan fingerprint density at radius 1 is 0.636 bits per heavy atom. The van der Waals surface area contributed by atoms with Crippen molar-refractivity contribution in [2.75, 3.05) is 0 Å². The van der Waals surface area contributed by atoms with E-state index in [-0.39, 0.29) is 4.90 Å². The Bertz CT molecular complexity index is 1430. The molecule has 0 atom stereocenters. The van der Waals surface area contributed by atoms with Crippen LogP contribution in [0.1, 0.15) is 28.3 Å². The van der Waals surface area contributed by atoms with Crippen LogP contribution in [-0.2, 0) is 10.1 Å². The third-order valence-corrected chi connectivity index (χ3v) is 6.17. The van der Waals surface area contributed by atoms with Crippen molar-refractivity contribution in [3.8, 4) is 11.4 Å². The van der Waals surface area contributed by atoms with Gasteiger partial charge in [-0.3, -0.25) is 5.32 Å². The number of nitrogens with two attached hydrogens (primary N) is 1. The number of hydrogen-bond acceptors (Lipinski definition) is 3. The lowest BCUT2D eigenvalue weighted by Gasteiger charge is -2.05. The maximum absolute atomic E-state index is 10.4. The van der Waals surface area contributed by atoms with E-state index in [1.807, 2.05) is 6.92 Å². The molecule has 33 heavy (non-hydrogen) atoms. The molecular weight excluding hydrogens is 436 g/mol. The summed E-state index contributed by atoms with van der Waals surface area (Å²) in [6, 6.07) is 18.4. The molecule has 8 heteroatoms. The molecule has 4 aromatic rings. The highest BCUT2D eigenvalue weighted by Crippen LogP contribution is 2.22. The second-order valence-corrected chi connectivity index (χ2v) is 9.43. The van der Waals surface area contributed by atoms with Gasteiger partial charge in [0.1, 0.15) is 21.5 Å². The Hall–Kier alpha value is -3.59. The van der Waals surface area contributed by atoms with E-state index in [2.05, 4.69) is 82.7 Å². The summed E-state index contributed by atoms with van der Waals surface area (Å²) in [6.45, 7) is 5.96. The van der Waals surface area contributed by atoms with Gasteiger partial charge < -0.3 is 19.5 Å². The van der Waals surface area contributed by atoms with Gasteiger partial charge in [0.2, 0.25) is 0 Å². The highest BCUT2D eigenvalue weighted by molar-refractivity contribution is 7.85. The van der Waals surface area contributed by atoms with Crippen molar-refractivity contribution >= 4 is 21.5 Å². The van der Waals surface area contributed by atoms with Crippen LogP contribution in [-0.4, -0.2) is 27.9 Å². The number of benzene rings is 1. The fourth-order valence-electron chi connectivity index (χ4n) is 3.54. The molecule has 3 aromatic heterocycles. The van der Waals surface area contributed by atoms with Gasteiger partial charge in [-0.2, -0.15) is 0 Å². The van der Waals surface area contributed by atoms with E-state index in [1.54, 1.807) is 12.1 Å². The van der Waals surface area contributed by atoms with Gasteiger partial charge in [-0.1, -0.05) is 17.7 Å². The first kappa shape index (κ1) is 22.6. The lowest BCUT2D eigenvalue weighted by atomic mass is 10.2. The quantitative estimate of drug-likeness (QED) is 0.345. The second kappa shape index (κ2) is 9.11. The van der Waals surface area contributed by atoms with Gasteiger partial charge in [-0.05, 0) is 69.3 Å². The van der Waals surface area contributed by atoms with Crippen molar-refractivity contribution in [3.63, 3.8) is 0 Å². The number of rotatable bonds is 4. The molecule has 0 unspecified atom stereocenters. The average molecular weight is 463 g/mol. The van der Waals surface area contributed by atoms with Gasteiger partial charge in [0, 0.05) is 23.5 Å². The molecule has 0 fully saturated rings. The first-order valence-electron chi connectivity index (χ1n) is 10.5. The smallest absolute Gasteiger partial charge is 0.158 e. The number of H-pyrrole nitrogens is 3. The van der Waals surface area contributed by atoms with Gasteiger partial charge in [-0.25, -0.2) is 8.42 Å². The van der Waals surface area contributed by atoms with E-state index in [4.69, 9.17) is 0 Å². The van der Waals surface area contributed by atoms with Crippen molar-refractivity contribution < 1.29 is 18.3 Å². The van der Waals surface area contributed by atoms with Crippen LogP contribution >= 0.6 is 0 Å². The standard InChI is InChI=1S/C18H18N4.C7H8O3S/c1-11-3-5-13(19-11)15-7-9-17(21-15)18-10-8-16(22-18)14-6-4-12(2)20-14;1-6-2-4-7(5-3-6)11(8,9)10/h3-10,19-22H,1-2H3;2-5H,1H3,(H,8,9,10). The fourth-order valence-corrected chi connectivity index (χ4v) is 4.01. The maximum Gasteiger partial charge on any atom is 0.158 e. The Kier molecular flexibility index (Phi) is 6.24. The van der Waals surface area contributed by atoms with E-state index in [9.17, 15) is 13.0 Å². The fraction of sp³-hybridized carbons (Fsp3) is 0.120. The van der Waals surface area contributed by atoms with E-state index in [0.29, 0.717) is 0 Å². The number of nitrogens with one attached hydrogen (secondary N) is 3.